The number of hydrogen-bond acceptors (Lipinski definition) is 5. The molecule has 1 saturated carbocycles. The van der Waals surface area contributed by atoms with Gasteiger partial charge in [0, 0.05) is 30.4 Å². The molecule has 1 N–H and O–H groups in total. The zero-order valence-electron chi connectivity index (χ0n) is 13.9. The highest BCUT2D eigenvalue weighted by molar-refractivity contribution is 7.13. The number of amides is 1. The fraction of sp³-hybridized carbons (Fsp3) is 0.333. The van der Waals surface area contributed by atoms with E-state index in [9.17, 15) is 4.79 Å². The van der Waals surface area contributed by atoms with E-state index in [-0.39, 0.29) is 11.8 Å². The van der Waals surface area contributed by atoms with Crippen molar-refractivity contribution >= 4 is 17.2 Å². The van der Waals surface area contributed by atoms with Crippen LogP contribution in [0.4, 0.5) is 0 Å². The average Bonchev–Trinajstić information content (AvgIpc) is 3.04. The lowest BCUT2D eigenvalue weighted by Crippen LogP contribution is -2.29. The number of aromatic nitrogens is 4. The van der Waals surface area contributed by atoms with Gasteiger partial charge in [-0.05, 0) is 23.8 Å². The van der Waals surface area contributed by atoms with Crippen LogP contribution in [0.15, 0.2) is 42.3 Å². The van der Waals surface area contributed by atoms with Crippen molar-refractivity contribution in [1.29, 1.82) is 0 Å². The molecular formula is C18H19N5OS. The van der Waals surface area contributed by atoms with E-state index in [0.717, 1.165) is 28.2 Å². The molecule has 0 unspecified atom stereocenters. The van der Waals surface area contributed by atoms with Crippen LogP contribution in [-0.2, 0) is 11.3 Å². The molecule has 0 radical (unpaired) electrons. The van der Waals surface area contributed by atoms with Crippen molar-refractivity contribution in [2.75, 3.05) is 6.54 Å². The quantitative estimate of drug-likeness (QED) is 0.740. The second kappa shape index (κ2) is 6.76. The summed E-state index contributed by atoms with van der Waals surface area (Å²) in [4.78, 5) is 21.7. The van der Waals surface area contributed by atoms with Gasteiger partial charge in [-0.1, -0.05) is 13.0 Å². The van der Waals surface area contributed by atoms with Gasteiger partial charge in [0.05, 0.1) is 35.2 Å². The zero-order valence-corrected chi connectivity index (χ0v) is 14.7. The van der Waals surface area contributed by atoms with Crippen molar-refractivity contribution in [2.45, 2.75) is 19.9 Å². The van der Waals surface area contributed by atoms with Gasteiger partial charge >= 0.3 is 0 Å². The van der Waals surface area contributed by atoms with E-state index in [2.05, 4.69) is 33.4 Å². The Morgan fingerprint density at radius 2 is 2.28 bits per heavy atom. The molecule has 3 aromatic heterocycles. The summed E-state index contributed by atoms with van der Waals surface area (Å²) in [6.07, 6.45) is 7.92. The van der Waals surface area contributed by atoms with Crippen LogP contribution >= 0.6 is 11.3 Å². The van der Waals surface area contributed by atoms with E-state index in [4.69, 9.17) is 0 Å². The first-order valence-corrected chi connectivity index (χ1v) is 9.26. The molecule has 3 aromatic rings. The van der Waals surface area contributed by atoms with E-state index in [1.807, 2.05) is 22.3 Å². The highest BCUT2D eigenvalue weighted by Crippen LogP contribution is 2.37. The second-order valence-corrected chi connectivity index (χ2v) is 7.26. The van der Waals surface area contributed by atoms with E-state index >= 15 is 0 Å². The summed E-state index contributed by atoms with van der Waals surface area (Å²) in [5.41, 5.74) is 2.77. The second-order valence-electron chi connectivity index (χ2n) is 6.31. The largest absolute Gasteiger partial charge is 0.354 e. The van der Waals surface area contributed by atoms with Crippen molar-refractivity contribution in [3.63, 3.8) is 0 Å². The molecule has 3 heterocycles. The van der Waals surface area contributed by atoms with Gasteiger partial charge in [-0.3, -0.25) is 19.4 Å². The molecule has 1 aliphatic rings. The summed E-state index contributed by atoms with van der Waals surface area (Å²) < 4.78 is 1.94. The first kappa shape index (κ1) is 16.0. The van der Waals surface area contributed by atoms with Crippen LogP contribution < -0.4 is 5.32 Å². The Labute approximate surface area is 149 Å². The van der Waals surface area contributed by atoms with E-state index < -0.39 is 0 Å². The molecule has 128 valence electrons. The monoisotopic (exact) mass is 353 g/mol. The third-order valence-electron chi connectivity index (χ3n) is 4.50. The molecule has 0 aliphatic heterocycles. The lowest BCUT2D eigenvalue weighted by atomic mass is 10.1. The number of carbonyl (C=O) groups excluding carboxylic acids is 1. The van der Waals surface area contributed by atoms with Crippen molar-refractivity contribution in [3.05, 3.63) is 42.3 Å². The van der Waals surface area contributed by atoms with E-state index in [1.54, 1.807) is 29.9 Å². The SMILES string of the molecule is C[C@H]1C[C@@H]1C(=O)NCCn1ncc(-c2cnccn2)c1-c1cccs1. The zero-order chi connectivity index (χ0) is 17.2. The van der Waals surface area contributed by atoms with Gasteiger partial charge in [0.25, 0.3) is 0 Å². The van der Waals surface area contributed by atoms with Crippen LogP contribution in [0, 0.1) is 11.8 Å². The van der Waals surface area contributed by atoms with Gasteiger partial charge in [-0.2, -0.15) is 5.10 Å². The van der Waals surface area contributed by atoms with Crippen LogP contribution in [0.25, 0.3) is 21.8 Å². The molecule has 1 amide bonds. The molecule has 1 aliphatic carbocycles. The molecule has 1 fully saturated rings. The number of rotatable bonds is 6. The third-order valence-corrected chi connectivity index (χ3v) is 5.38. The summed E-state index contributed by atoms with van der Waals surface area (Å²) in [6.45, 7) is 3.31. The fourth-order valence-corrected chi connectivity index (χ4v) is 3.75. The summed E-state index contributed by atoms with van der Waals surface area (Å²) in [5.74, 6) is 0.880. The smallest absolute Gasteiger partial charge is 0.223 e. The van der Waals surface area contributed by atoms with E-state index in [1.165, 1.54) is 0 Å². The molecule has 0 bridgehead atoms. The molecule has 4 rings (SSSR count). The number of thiophene rings is 1. The maximum absolute atomic E-state index is 12.0. The maximum Gasteiger partial charge on any atom is 0.223 e. The Hall–Kier alpha value is -2.54. The van der Waals surface area contributed by atoms with Crippen molar-refractivity contribution < 1.29 is 4.79 Å². The predicted octanol–water partition coefficient (Wildman–Crippen LogP) is 2.84. The lowest BCUT2D eigenvalue weighted by Gasteiger charge is -2.09. The van der Waals surface area contributed by atoms with E-state index in [0.29, 0.717) is 19.0 Å². The van der Waals surface area contributed by atoms with Gasteiger partial charge in [0.15, 0.2) is 0 Å². The summed E-state index contributed by atoms with van der Waals surface area (Å²) in [7, 11) is 0. The highest BCUT2D eigenvalue weighted by Gasteiger charge is 2.38. The Bertz CT molecular complexity index is 859. The number of nitrogens with zero attached hydrogens (tertiary/aromatic N) is 4. The summed E-state index contributed by atoms with van der Waals surface area (Å²) >= 11 is 1.66. The van der Waals surface area contributed by atoms with Gasteiger partial charge in [0.1, 0.15) is 0 Å². The Kier molecular flexibility index (Phi) is 4.31. The standard InChI is InChI=1S/C18H19N5OS/c1-12-9-13(12)18(24)21-6-7-23-17(16-3-2-8-25-16)14(10-22-23)15-11-19-4-5-20-15/h2-5,8,10-13H,6-7,9H2,1H3,(H,21,24)/t12-,13-/m0/s1. The van der Waals surface area contributed by atoms with Crippen molar-refractivity contribution in [2.24, 2.45) is 11.8 Å². The Morgan fingerprint density at radius 1 is 1.40 bits per heavy atom. The topological polar surface area (TPSA) is 72.7 Å². The summed E-state index contributed by atoms with van der Waals surface area (Å²) in [5, 5.41) is 9.59. The molecule has 0 saturated heterocycles. The predicted molar refractivity (Wildman–Crippen MR) is 96.8 cm³/mol. The fourth-order valence-electron chi connectivity index (χ4n) is 2.96. The number of hydrogen-bond donors (Lipinski definition) is 1. The molecule has 0 spiro atoms. The third kappa shape index (κ3) is 3.32. The van der Waals surface area contributed by atoms with Gasteiger partial charge in [-0.25, -0.2) is 0 Å². The first-order chi connectivity index (χ1) is 12.2. The van der Waals surface area contributed by atoms with Crippen LogP contribution in [0.3, 0.4) is 0 Å². The van der Waals surface area contributed by atoms with Crippen molar-refractivity contribution in [1.82, 2.24) is 25.1 Å². The molecule has 25 heavy (non-hydrogen) atoms. The Morgan fingerprint density at radius 3 is 2.96 bits per heavy atom. The normalized spacial score (nSPS) is 18.9. The van der Waals surface area contributed by atoms with Crippen molar-refractivity contribution in [3.8, 4) is 21.8 Å². The highest BCUT2D eigenvalue weighted by atomic mass is 32.1. The van der Waals surface area contributed by atoms with Gasteiger partial charge in [0.2, 0.25) is 5.91 Å². The lowest BCUT2D eigenvalue weighted by molar-refractivity contribution is -0.122. The molecule has 7 heteroatoms. The molecule has 6 nitrogen and oxygen atoms in total. The van der Waals surface area contributed by atoms with Crippen LogP contribution in [0.1, 0.15) is 13.3 Å². The van der Waals surface area contributed by atoms with Gasteiger partial charge in [-0.15, -0.1) is 11.3 Å². The molecule has 2 atom stereocenters. The maximum atomic E-state index is 12.0. The minimum Gasteiger partial charge on any atom is -0.354 e. The first-order valence-electron chi connectivity index (χ1n) is 8.38. The molecular weight excluding hydrogens is 334 g/mol. The minimum atomic E-state index is 0.159. The van der Waals surface area contributed by atoms with Crippen LogP contribution in [0.2, 0.25) is 0 Å². The van der Waals surface area contributed by atoms with Crippen LogP contribution in [0.5, 0.6) is 0 Å². The average molecular weight is 353 g/mol. The number of nitrogens with one attached hydrogen (secondary N) is 1. The molecule has 0 aromatic carbocycles. The van der Waals surface area contributed by atoms with Gasteiger partial charge < -0.3 is 5.32 Å². The Balaban J connectivity index is 1.55. The van der Waals surface area contributed by atoms with Crippen LogP contribution in [-0.4, -0.2) is 32.2 Å². The number of carbonyl (C=O) groups is 1. The minimum absolute atomic E-state index is 0.159. The summed E-state index contributed by atoms with van der Waals surface area (Å²) in [6, 6.07) is 4.09.